The maximum absolute atomic E-state index is 12.1. The van der Waals surface area contributed by atoms with E-state index in [2.05, 4.69) is 29.3 Å². The van der Waals surface area contributed by atoms with Gasteiger partial charge in [-0.15, -0.1) is 0 Å². The zero-order valence-corrected chi connectivity index (χ0v) is 20.0. The molecule has 0 aliphatic rings. The predicted molar refractivity (Wildman–Crippen MR) is 136 cm³/mol. The number of esters is 1. The Morgan fingerprint density at radius 1 is 0.706 bits per heavy atom. The van der Waals surface area contributed by atoms with Gasteiger partial charge in [-0.2, -0.15) is 10.2 Å². The number of azo groups is 1. The highest BCUT2D eigenvalue weighted by Crippen LogP contribution is 2.23. The minimum atomic E-state index is -0.485. The lowest BCUT2D eigenvalue weighted by atomic mass is 10.0. The number of nitrogens with zero attached hydrogens (tertiary/aromatic N) is 2. The SMILES string of the molecule is CCCCCCCCCCc1ccc(/N=N/c2ccc(OC(=O)c3ccc(O)cc3)cc2)cc1. The van der Waals surface area contributed by atoms with Crippen LogP contribution in [0, 0.1) is 0 Å². The van der Waals surface area contributed by atoms with Crippen LogP contribution in [-0.2, 0) is 6.42 Å². The summed E-state index contributed by atoms with van der Waals surface area (Å²) in [6.07, 6.45) is 11.8. The summed E-state index contributed by atoms with van der Waals surface area (Å²) in [6.45, 7) is 2.26. The minimum absolute atomic E-state index is 0.101. The molecule has 178 valence electrons. The average molecular weight is 459 g/mol. The Balaban J connectivity index is 1.41. The van der Waals surface area contributed by atoms with Crippen molar-refractivity contribution < 1.29 is 14.6 Å². The second kappa shape index (κ2) is 13.9. The van der Waals surface area contributed by atoms with Gasteiger partial charge in [0.05, 0.1) is 16.9 Å². The van der Waals surface area contributed by atoms with Crippen molar-refractivity contribution in [1.29, 1.82) is 0 Å². The van der Waals surface area contributed by atoms with Gasteiger partial charge in [0.25, 0.3) is 0 Å². The average Bonchev–Trinajstić information content (AvgIpc) is 2.86. The van der Waals surface area contributed by atoms with Crippen LogP contribution in [0.4, 0.5) is 11.4 Å². The van der Waals surface area contributed by atoms with E-state index in [1.54, 1.807) is 24.3 Å². The zero-order valence-electron chi connectivity index (χ0n) is 20.0. The number of unbranched alkanes of at least 4 members (excludes halogenated alkanes) is 7. The standard InChI is InChI=1S/C29H34N2O3/c1-2-3-4-5-6-7-8-9-10-23-11-15-25(16-12-23)30-31-26-17-21-28(22-18-26)34-29(33)24-13-19-27(32)20-14-24/h11-22,32H,2-10H2,1H3/b31-30+. The first kappa shape index (κ1) is 25.2. The second-order valence-corrected chi connectivity index (χ2v) is 8.52. The Hall–Kier alpha value is -3.47. The summed E-state index contributed by atoms with van der Waals surface area (Å²) in [7, 11) is 0. The Morgan fingerprint density at radius 3 is 1.82 bits per heavy atom. The number of phenols is 1. The van der Waals surface area contributed by atoms with E-state index in [0.29, 0.717) is 17.0 Å². The van der Waals surface area contributed by atoms with E-state index in [4.69, 9.17) is 4.74 Å². The molecule has 3 aromatic rings. The first-order chi connectivity index (χ1) is 16.6. The van der Waals surface area contributed by atoms with Crippen molar-refractivity contribution in [1.82, 2.24) is 0 Å². The molecule has 0 bridgehead atoms. The minimum Gasteiger partial charge on any atom is -0.508 e. The number of carbonyl (C=O) groups excluding carboxylic acids is 1. The maximum Gasteiger partial charge on any atom is 0.343 e. The fraction of sp³-hybridized carbons (Fsp3) is 0.345. The number of ether oxygens (including phenoxy) is 1. The van der Waals surface area contributed by atoms with Gasteiger partial charge < -0.3 is 9.84 Å². The normalized spacial score (nSPS) is 11.1. The number of benzene rings is 3. The van der Waals surface area contributed by atoms with Crippen molar-refractivity contribution in [2.24, 2.45) is 10.2 Å². The molecule has 0 atom stereocenters. The zero-order chi connectivity index (χ0) is 24.0. The molecule has 3 rings (SSSR count). The van der Waals surface area contributed by atoms with E-state index in [9.17, 15) is 9.90 Å². The van der Waals surface area contributed by atoms with Crippen LogP contribution in [0.15, 0.2) is 83.0 Å². The second-order valence-electron chi connectivity index (χ2n) is 8.52. The van der Waals surface area contributed by atoms with E-state index >= 15 is 0 Å². The molecule has 0 saturated heterocycles. The first-order valence-electron chi connectivity index (χ1n) is 12.3. The Kier molecular flexibility index (Phi) is 10.3. The van der Waals surface area contributed by atoms with Crippen LogP contribution in [0.2, 0.25) is 0 Å². The Bertz CT molecular complexity index is 1030. The molecular weight excluding hydrogens is 424 g/mol. The summed E-state index contributed by atoms with van der Waals surface area (Å²) in [4.78, 5) is 12.1. The molecule has 0 amide bonds. The highest BCUT2D eigenvalue weighted by atomic mass is 16.5. The summed E-state index contributed by atoms with van der Waals surface area (Å²) < 4.78 is 5.35. The lowest BCUT2D eigenvalue weighted by Crippen LogP contribution is -2.07. The highest BCUT2D eigenvalue weighted by molar-refractivity contribution is 5.91. The van der Waals surface area contributed by atoms with E-state index in [-0.39, 0.29) is 5.75 Å². The van der Waals surface area contributed by atoms with Crippen LogP contribution in [0.1, 0.15) is 74.2 Å². The lowest BCUT2D eigenvalue weighted by Gasteiger charge is -2.04. The van der Waals surface area contributed by atoms with Crippen LogP contribution >= 0.6 is 0 Å². The van der Waals surface area contributed by atoms with Gasteiger partial charge in [-0.1, -0.05) is 64.0 Å². The van der Waals surface area contributed by atoms with E-state index < -0.39 is 5.97 Å². The van der Waals surface area contributed by atoms with E-state index in [1.807, 2.05) is 12.1 Å². The van der Waals surface area contributed by atoms with Crippen LogP contribution in [-0.4, -0.2) is 11.1 Å². The fourth-order valence-corrected chi connectivity index (χ4v) is 3.65. The van der Waals surface area contributed by atoms with Gasteiger partial charge in [-0.05, 0) is 79.1 Å². The largest absolute Gasteiger partial charge is 0.508 e. The molecule has 0 unspecified atom stereocenters. The van der Waals surface area contributed by atoms with Crippen LogP contribution in [0.3, 0.4) is 0 Å². The molecule has 34 heavy (non-hydrogen) atoms. The van der Waals surface area contributed by atoms with Crippen molar-refractivity contribution in [3.05, 3.63) is 83.9 Å². The summed E-state index contributed by atoms with van der Waals surface area (Å²) >= 11 is 0. The number of rotatable bonds is 13. The summed E-state index contributed by atoms with van der Waals surface area (Å²) in [5.41, 5.74) is 3.19. The highest BCUT2D eigenvalue weighted by Gasteiger charge is 2.08. The van der Waals surface area contributed by atoms with Gasteiger partial charge in [0.15, 0.2) is 0 Å². The third-order valence-corrected chi connectivity index (χ3v) is 5.69. The van der Waals surface area contributed by atoms with Gasteiger partial charge in [-0.3, -0.25) is 0 Å². The number of aryl methyl sites for hydroxylation is 1. The molecule has 0 spiro atoms. The van der Waals surface area contributed by atoms with Crippen molar-refractivity contribution in [3.8, 4) is 11.5 Å². The van der Waals surface area contributed by atoms with Crippen LogP contribution < -0.4 is 4.74 Å². The van der Waals surface area contributed by atoms with E-state index in [1.165, 1.54) is 81.2 Å². The molecule has 5 nitrogen and oxygen atoms in total. The van der Waals surface area contributed by atoms with E-state index in [0.717, 1.165) is 12.1 Å². The fourth-order valence-electron chi connectivity index (χ4n) is 3.65. The molecule has 0 fully saturated rings. The number of hydrogen-bond acceptors (Lipinski definition) is 5. The predicted octanol–water partition coefficient (Wildman–Crippen LogP) is 8.71. The molecule has 0 aliphatic carbocycles. The molecule has 0 aromatic heterocycles. The molecular formula is C29H34N2O3. The molecule has 0 radical (unpaired) electrons. The van der Waals surface area contributed by atoms with Gasteiger partial charge in [-0.25, -0.2) is 4.79 Å². The van der Waals surface area contributed by atoms with Gasteiger partial charge in [0.2, 0.25) is 0 Å². The van der Waals surface area contributed by atoms with Gasteiger partial charge in [0, 0.05) is 0 Å². The molecule has 3 aromatic carbocycles. The molecule has 5 heteroatoms. The number of hydrogen-bond donors (Lipinski definition) is 1. The monoisotopic (exact) mass is 458 g/mol. The molecule has 0 heterocycles. The summed E-state index contributed by atoms with van der Waals surface area (Å²) in [6, 6.07) is 21.0. The quantitative estimate of drug-likeness (QED) is 0.120. The molecule has 0 aliphatic heterocycles. The topological polar surface area (TPSA) is 71.2 Å². The smallest absolute Gasteiger partial charge is 0.343 e. The van der Waals surface area contributed by atoms with Gasteiger partial charge >= 0.3 is 5.97 Å². The third kappa shape index (κ3) is 8.81. The lowest BCUT2D eigenvalue weighted by molar-refractivity contribution is 0.0735. The van der Waals surface area contributed by atoms with Crippen molar-refractivity contribution in [3.63, 3.8) is 0 Å². The van der Waals surface area contributed by atoms with Crippen molar-refractivity contribution in [2.45, 2.75) is 64.7 Å². The number of phenolic OH excluding ortho intramolecular Hbond substituents is 1. The third-order valence-electron chi connectivity index (χ3n) is 5.69. The summed E-state index contributed by atoms with van der Waals surface area (Å²) in [5.74, 6) is 0.0354. The van der Waals surface area contributed by atoms with Crippen molar-refractivity contribution >= 4 is 17.3 Å². The van der Waals surface area contributed by atoms with Crippen molar-refractivity contribution in [2.75, 3.05) is 0 Å². The molecule has 1 N–H and O–H groups in total. The Labute approximate surface area is 202 Å². The molecule has 0 saturated carbocycles. The number of carbonyl (C=O) groups is 1. The van der Waals surface area contributed by atoms with Gasteiger partial charge in [0.1, 0.15) is 11.5 Å². The maximum atomic E-state index is 12.1. The number of aromatic hydroxyl groups is 1. The Morgan fingerprint density at radius 2 is 1.24 bits per heavy atom. The first-order valence-corrected chi connectivity index (χ1v) is 12.3. The van der Waals surface area contributed by atoms with Crippen LogP contribution in [0.25, 0.3) is 0 Å². The summed E-state index contributed by atoms with van der Waals surface area (Å²) in [5, 5.41) is 17.9. The van der Waals surface area contributed by atoms with Crippen LogP contribution in [0.5, 0.6) is 11.5 Å².